The van der Waals surface area contributed by atoms with Gasteiger partial charge in [0.2, 0.25) is 0 Å². The molecule has 1 heterocycles. The van der Waals surface area contributed by atoms with E-state index in [2.05, 4.69) is 42.1 Å². The SMILES string of the molecule is CCCCN(C)C(=O)c1cnc(Nc2ccccc2C(C)C)cn1. The van der Waals surface area contributed by atoms with Gasteiger partial charge in [-0.25, -0.2) is 9.97 Å². The van der Waals surface area contributed by atoms with Gasteiger partial charge in [0.15, 0.2) is 0 Å². The molecule has 0 aliphatic carbocycles. The molecule has 1 amide bonds. The lowest BCUT2D eigenvalue weighted by Gasteiger charge is -2.16. The summed E-state index contributed by atoms with van der Waals surface area (Å²) in [6.45, 7) is 7.15. The number of amides is 1. The third kappa shape index (κ3) is 4.54. The van der Waals surface area contributed by atoms with Gasteiger partial charge in [0.25, 0.3) is 5.91 Å². The van der Waals surface area contributed by atoms with Crippen molar-refractivity contribution in [3.05, 3.63) is 47.9 Å². The summed E-state index contributed by atoms with van der Waals surface area (Å²) in [5, 5.41) is 3.28. The fourth-order valence-corrected chi connectivity index (χ4v) is 2.45. The van der Waals surface area contributed by atoms with Crippen molar-refractivity contribution < 1.29 is 4.79 Å². The zero-order chi connectivity index (χ0) is 17.5. The molecule has 0 radical (unpaired) electrons. The van der Waals surface area contributed by atoms with Crippen LogP contribution in [0.4, 0.5) is 11.5 Å². The Labute approximate surface area is 144 Å². The van der Waals surface area contributed by atoms with Gasteiger partial charge >= 0.3 is 0 Å². The topological polar surface area (TPSA) is 58.1 Å². The predicted octanol–water partition coefficient (Wildman–Crippen LogP) is 4.22. The van der Waals surface area contributed by atoms with E-state index in [1.54, 1.807) is 18.1 Å². The second kappa shape index (κ2) is 8.43. The summed E-state index contributed by atoms with van der Waals surface area (Å²) in [5.74, 6) is 0.954. The predicted molar refractivity (Wildman–Crippen MR) is 97.7 cm³/mol. The molecule has 0 unspecified atom stereocenters. The average molecular weight is 326 g/mol. The number of rotatable bonds is 7. The Balaban J connectivity index is 2.09. The van der Waals surface area contributed by atoms with E-state index in [9.17, 15) is 4.79 Å². The minimum atomic E-state index is -0.0925. The standard InChI is InChI=1S/C19H26N4O/c1-5-6-11-23(4)19(24)17-12-21-18(13-20-17)22-16-10-8-7-9-15(16)14(2)3/h7-10,12-14H,5-6,11H2,1-4H3,(H,21,22). The lowest BCUT2D eigenvalue weighted by Crippen LogP contribution is -2.28. The van der Waals surface area contributed by atoms with Crippen molar-refractivity contribution in [2.24, 2.45) is 0 Å². The van der Waals surface area contributed by atoms with E-state index in [-0.39, 0.29) is 5.91 Å². The normalized spacial score (nSPS) is 10.7. The van der Waals surface area contributed by atoms with Crippen LogP contribution in [0, 0.1) is 0 Å². The molecule has 1 aromatic heterocycles. The van der Waals surface area contributed by atoms with Crippen molar-refractivity contribution in [2.75, 3.05) is 18.9 Å². The van der Waals surface area contributed by atoms with Gasteiger partial charge in [-0.3, -0.25) is 4.79 Å². The molecular weight excluding hydrogens is 300 g/mol. The van der Waals surface area contributed by atoms with Crippen molar-refractivity contribution in [2.45, 2.75) is 39.5 Å². The molecule has 0 saturated carbocycles. The maximum Gasteiger partial charge on any atom is 0.273 e. The molecule has 0 aliphatic heterocycles. The molecule has 2 rings (SSSR count). The minimum absolute atomic E-state index is 0.0925. The van der Waals surface area contributed by atoms with Gasteiger partial charge in [-0.1, -0.05) is 45.4 Å². The van der Waals surface area contributed by atoms with E-state index in [1.165, 1.54) is 11.8 Å². The van der Waals surface area contributed by atoms with E-state index in [1.807, 2.05) is 18.2 Å². The molecule has 24 heavy (non-hydrogen) atoms. The van der Waals surface area contributed by atoms with Crippen LogP contribution < -0.4 is 5.32 Å². The van der Waals surface area contributed by atoms with Crippen LogP contribution in [0.2, 0.25) is 0 Å². The number of anilines is 2. The van der Waals surface area contributed by atoms with E-state index in [0.717, 1.165) is 25.1 Å². The summed E-state index contributed by atoms with van der Waals surface area (Å²) in [5.41, 5.74) is 2.61. The number of para-hydroxylation sites is 1. The lowest BCUT2D eigenvalue weighted by atomic mass is 10.0. The third-order valence-electron chi connectivity index (χ3n) is 3.91. The molecule has 0 fully saturated rings. The van der Waals surface area contributed by atoms with Crippen LogP contribution in [0.5, 0.6) is 0 Å². The van der Waals surface area contributed by atoms with Gasteiger partial charge in [-0.05, 0) is 24.0 Å². The highest BCUT2D eigenvalue weighted by Crippen LogP contribution is 2.25. The van der Waals surface area contributed by atoms with Crippen molar-refractivity contribution in [1.29, 1.82) is 0 Å². The fourth-order valence-electron chi connectivity index (χ4n) is 2.45. The Bertz CT molecular complexity index is 667. The fraction of sp³-hybridized carbons (Fsp3) is 0.421. The minimum Gasteiger partial charge on any atom is -0.340 e. The molecule has 5 nitrogen and oxygen atoms in total. The summed E-state index contributed by atoms with van der Waals surface area (Å²) in [7, 11) is 1.80. The van der Waals surface area contributed by atoms with Gasteiger partial charge in [0, 0.05) is 19.3 Å². The van der Waals surface area contributed by atoms with Crippen molar-refractivity contribution >= 4 is 17.4 Å². The first-order chi connectivity index (χ1) is 11.5. The highest BCUT2D eigenvalue weighted by atomic mass is 16.2. The largest absolute Gasteiger partial charge is 0.340 e. The molecular formula is C19H26N4O. The summed E-state index contributed by atoms with van der Waals surface area (Å²) in [4.78, 5) is 22.6. The van der Waals surface area contributed by atoms with Gasteiger partial charge in [-0.15, -0.1) is 0 Å². The van der Waals surface area contributed by atoms with Crippen molar-refractivity contribution in [3.8, 4) is 0 Å². The number of nitrogens with zero attached hydrogens (tertiary/aromatic N) is 3. The first-order valence-electron chi connectivity index (χ1n) is 8.46. The van der Waals surface area contributed by atoms with E-state index >= 15 is 0 Å². The zero-order valence-corrected chi connectivity index (χ0v) is 14.9. The van der Waals surface area contributed by atoms with Crippen LogP contribution in [-0.2, 0) is 0 Å². The highest BCUT2D eigenvalue weighted by Gasteiger charge is 2.13. The molecule has 0 aliphatic rings. The van der Waals surface area contributed by atoms with Crippen LogP contribution in [-0.4, -0.2) is 34.4 Å². The molecule has 2 aromatic rings. The quantitative estimate of drug-likeness (QED) is 0.828. The molecule has 0 saturated heterocycles. The van der Waals surface area contributed by atoms with Crippen LogP contribution >= 0.6 is 0 Å². The molecule has 0 spiro atoms. The molecule has 0 atom stereocenters. The summed E-state index contributed by atoms with van der Waals surface area (Å²) >= 11 is 0. The maximum atomic E-state index is 12.3. The Morgan fingerprint density at radius 1 is 1.21 bits per heavy atom. The molecule has 1 N–H and O–H groups in total. The smallest absolute Gasteiger partial charge is 0.273 e. The zero-order valence-electron chi connectivity index (χ0n) is 14.9. The monoisotopic (exact) mass is 326 g/mol. The third-order valence-corrected chi connectivity index (χ3v) is 3.91. The Morgan fingerprint density at radius 3 is 2.58 bits per heavy atom. The first-order valence-corrected chi connectivity index (χ1v) is 8.46. The number of carbonyl (C=O) groups is 1. The number of hydrogen-bond donors (Lipinski definition) is 1. The second-order valence-corrected chi connectivity index (χ2v) is 6.23. The lowest BCUT2D eigenvalue weighted by molar-refractivity contribution is 0.0787. The second-order valence-electron chi connectivity index (χ2n) is 6.23. The molecule has 5 heteroatoms. The number of hydrogen-bond acceptors (Lipinski definition) is 4. The van der Waals surface area contributed by atoms with Crippen LogP contribution in [0.3, 0.4) is 0 Å². The maximum absolute atomic E-state index is 12.3. The number of unbranched alkanes of at least 4 members (excludes halogenated alkanes) is 1. The van der Waals surface area contributed by atoms with Crippen LogP contribution in [0.25, 0.3) is 0 Å². The Hall–Kier alpha value is -2.43. The first kappa shape index (κ1) is 17.9. The summed E-state index contributed by atoms with van der Waals surface area (Å²) < 4.78 is 0. The molecule has 0 bridgehead atoms. The summed E-state index contributed by atoms with van der Waals surface area (Å²) in [6, 6.07) is 8.14. The number of carbonyl (C=O) groups excluding carboxylic acids is 1. The van der Waals surface area contributed by atoms with Gasteiger partial charge in [0.05, 0.1) is 12.4 Å². The average Bonchev–Trinajstić information content (AvgIpc) is 2.60. The van der Waals surface area contributed by atoms with E-state index in [4.69, 9.17) is 0 Å². The highest BCUT2D eigenvalue weighted by molar-refractivity contribution is 5.91. The van der Waals surface area contributed by atoms with Gasteiger partial charge in [-0.2, -0.15) is 0 Å². The Kier molecular flexibility index (Phi) is 6.29. The van der Waals surface area contributed by atoms with Gasteiger partial charge < -0.3 is 10.2 Å². The van der Waals surface area contributed by atoms with E-state index < -0.39 is 0 Å². The van der Waals surface area contributed by atoms with Crippen LogP contribution in [0.1, 0.15) is 55.6 Å². The van der Waals surface area contributed by atoms with Gasteiger partial charge in [0.1, 0.15) is 11.5 Å². The number of nitrogens with one attached hydrogen (secondary N) is 1. The van der Waals surface area contributed by atoms with Crippen LogP contribution in [0.15, 0.2) is 36.7 Å². The molecule has 1 aromatic carbocycles. The number of benzene rings is 1. The number of aromatic nitrogens is 2. The summed E-state index contributed by atoms with van der Waals surface area (Å²) in [6.07, 6.45) is 5.19. The van der Waals surface area contributed by atoms with Crippen molar-refractivity contribution in [3.63, 3.8) is 0 Å². The van der Waals surface area contributed by atoms with E-state index in [0.29, 0.717) is 17.4 Å². The van der Waals surface area contributed by atoms with Crippen molar-refractivity contribution in [1.82, 2.24) is 14.9 Å². The molecule has 128 valence electrons. The Morgan fingerprint density at radius 2 is 1.96 bits per heavy atom.